The number of amides is 4. The van der Waals surface area contributed by atoms with Gasteiger partial charge in [0, 0.05) is 28.1 Å². The van der Waals surface area contributed by atoms with Gasteiger partial charge in [0.25, 0.3) is 11.8 Å². The van der Waals surface area contributed by atoms with Gasteiger partial charge >= 0.3 is 6.03 Å². The van der Waals surface area contributed by atoms with Crippen LogP contribution in [-0.4, -0.2) is 33.4 Å². The SMILES string of the molecule is Cc1cc(C=C2C(=O)NC(=O)N(C3CCCCCC3)C2=O)c(C)n1-c1ccc(Cl)cc1. The van der Waals surface area contributed by atoms with Crippen LogP contribution in [0.15, 0.2) is 35.9 Å². The molecule has 31 heavy (non-hydrogen) atoms. The van der Waals surface area contributed by atoms with E-state index in [0.29, 0.717) is 5.02 Å². The first-order valence-electron chi connectivity index (χ1n) is 10.7. The second-order valence-corrected chi connectivity index (χ2v) is 8.71. The van der Waals surface area contributed by atoms with Crippen molar-refractivity contribution in [3.63, 3.8) is 0 Å². The summed E-state index contributed by atoms with van der Waals surface area (Å²) in [5.74, 6) is -1.15. The van der Waals surface area contributed by atoms with Crippen LogP contribution in [0.5, 0.6) is 0 Å². The average Bonchev–Trinajstić information content (AvgIpc) is 2.89. The van der Waals surface area contributed by atoms with E-state index in [0.717, 1.165) is 61.2 Å². The number of nitrogens with one attached hydrogen (secondary N) is 1. The van der Waals surface area contributed by atoms with Crippen LogP contribution < -0.4 is 5.32 Å². The Bertz CT molecular complexity index is 1060. The van der Waals surface area contributed by atoms with Gasteiger partial charge < -0.3 is 4.57 Å². The number of imide groups is 2. The minimum atomic E-state index is -0.642. The number of rotatable bonds is 3. The minimum Gasteiger partial charge on any atom is -0.318 e. The van der Waals surface area contributed by atoms with Crippen molar-refractivity contribution < 1.29 is 14.4 Å². The van der Waals surface area contributed by atoms with Gasteiger partial charge in [0.2, 0.25) is 0 Å². The Morgan fingerprint density at radius 1 is 1.00 bits per heavy atom. The van der Waals surface area contributed by atoms with E-state index in [2.05, 4.69) is 5.32 Å². The summed E-state index contributed by atoms with van der Waals surface area (Å²) in [6.07, 6.45) is 7.35. The van der Waals surface area contributed by atoms with Gasteiger partial charge in [-0.25, -0.2) is 4.79 Å². The number of halogens is 1. The zero-order valence-electron chi connectivity index (χ0n) is 17.8. The number of urea groups is 1. The summed E-state index contributed by atoms with van der Waals surface area (Å²) in [6.45, 7) is 3.90. The summed E-state index contributed by atoms with van der Waals surface area (Å²) in [4.78, 5) is 39.5. The molecule has 7 heteroatoms. The lowest BCUT2D eigenvalue weighted by Gasteiger charge is -2.32. The van der Waals surface area contributed by atoms with Gasteiger partial charge in [0.1, 0.15) is 5.57 Å². The lowest BCUT2D eigenvalue weighted by Crippen LogP contribution is -2.57. The molecule has 4 rings (SSSR count). The van der Waals surface area contributed by atoms with Crippen molar-refractivity contribution in [1.29, 1.82) is 0 Å². The number of benzene rings is 1. The van der Waals surface area contributed by atoms with E-state index in [1.807, 2.05) is 48.7 Å². The molecule has 0 unspecified atom stereocenters. The van der Waals surface area contributed by atoms with Crippen molar-refractivity contribution in [1.82, 2.24) is 14.8 Å². The second kappa shape index (κ2) is 8.71. The molecule has 1 saturated carbocycles. The number of carbonyl (C=O) groups excluding carboxylic acids is 3. The first-order valence-corrected chi connectivity index (χ1v) is 11.1. The van der Waals surface area contributed by atoms with Crippen molar-refractivity contribution >= 4 is 35.5 Å². The highest BCUT2D eigenvalue weighted by Crippen LogP contribution is 2.28. The van der Waals surface area contributed by atoms with Crippen LogP contribution >= 0.6 is 11.6 Å². The van der Waals surface area contributed by atoms with Gasteiger partial charge in [-0.2, -0.15) is 0 Å². The summed E-state index contributed by atoms with van der Waals surface area (Å²) in [6, 6.07) is 8.65. The van der Waals surface area contributed by atoms with E-state index in [4.69, 9.17) is 11.6 Å². The molecule has 6 nitrogen and oxygen atoms in total. The molecule has 1 aliphatic heterocycles. The minimum absolute atomic E-state index is 0.000188. The van der Waals surface area contributed by atoms with Crippen molar-refractivity contribution in [2.75, 3.05) is 0 Å². The molecular formula is C24H26ClN3O3. The summed E-state index contributed by atoms with van der Waals surface area (Å²) in [5.41, 5.74) is 3.57. The molecular weight excluding hydrogens is 414 g/mol. The molecule has 2 aliphatic rings. The van der Waals surface area contributed by atoms with Gasteiger partial charge in [-0.3, -0.25) is 19.8 Å². The number of hydrogen-bond acceptors (Lipinski definition) is 3. The second-order valence-electron chi connectivity index (χ2n) is 8.28. The van der Waals surface area contributed by atoms with E-state index in [1.165, 1.54) is 4.90 Å². The van der Waals surface area contributed by atoms with Crippen molar-refractivity contribution in [3.8, 4) is 5.69 Å². The maximum atomic E-state index is 13.2. The van der Waals surface area contributed by atoms with Crippen LogP contribution in [0.25, 0.3) is 11.8 Å². The van der Waals surface area contributed by atoms with E-state index >= 15 is 0 Å². The molecule has 4 amide bonds. The molecule has 1 aliphatic carbocycles. The Kier molecular flexibility index (Phi) is 6.01. The van der Waals surface area contributed by atoms with Crippen LogP contribution in [0.1, 0.15) is 55.5 Å². The van der Waals surface area contributed by atoms with E-state index in [-0.39, 0.29) is 11.6 Å². The molecule has 0 spiro atoms. The molecule has 1 aromatic heterocycles. The summed E-state index contributed by atoms with van der Waals surface area (Å²) in [5, 5.41) is 3.02. The predicted octanol–water partition coefficient (Wildman–Crippen LogP) is 4.93. The lowest BCUT2D eigenvalue weighted by molar-refractivity contribution is -0.131. The number of aromatic nitrogens is 1. The Labute approximate surface area is 186 Å². The highest BCUT2D eigenvalue weighted by Gasteiger charge is 2.40. The third kappa shape index (κ3) is 4.17. The summed E-state index contributed by atoms with van der Waals surface area (Å²) >= 11 is 6.01. The van der Waals surface area contributed by atoms with Gasteiger partial charge in [-0.05, 0) is 68.7 Å². The van der Waals surface area contributed by atoms with Crippen LogP contribution in [0.4, 0.5) is 4.79 Å². The number of barbiturate groups is 1. The summed E-state index contributed by atoms with van der Waals surface area (Å²) in [7, 11) is 0. The molecule has 0 bridgehead atoms. The quantitative estimate of drug-likeness (QED) is 0.418. The highest BCUT2D eigenvalue weighted by atomic mass is 35.5. The highest BCUT2D eigenvalue weighted by molar-refractivity contribution is 6.31. The fourth-order valence-electron chi connectivity index (χ4n) is 4.60. The molecule has 1 saturated heterocycles. The lowest BCUT2D eigenvalue weighted by atomic mass is 10.0. The molecule has 0 atom stereocenters. The molecule has 162 valence electrons. The molecule has 0 radical (unpaired) electrons. The van der Waals surface area contributed by atoms with E-state index in [1.54, 1.807) is 6.08 Å². The van der Waals surface area contributed by atoms with Crippen molar-refractivity contribution in [3.05, 3.63) is 57.9 Å². The first-order chi connectivity index (χ1) is 14.9. The van der Waals surface area contributed by atoms with Gasteiger partial charge in [0.15, 0.2) is 0 Å². The maximum absolute atomic E-state index is 13.2. The third-order valence-electron chi connectivity index (χ3n) is 6.18. The molecule has 2 heterocycles. The zero-order valence-corrected chi connectivity index (χ0v) is 18.5. The predicted molar refractivity (Wildman–Crippen MR) is 120 cm³/mol. The number of aryl methyl sites for hydroxylation is 1. The normalized spacial score (nSPS) is 19.6. The molecule has 2 fully saturated rings. The molecule has 1 aromatic carbocycles. The average molecular weight is 440 g/mol. The van der Waals surface area contributed by atoms with Crippen molar-refractivity contribution in [2.24, 2.45) is 0 Å². The first kappa shape index (κ1) is 21.4. The summed E-state index contributed by atoms with van der Waals surface area (Å²) < 4.78 is 2.04. The van der Waals surface area contributed by atoms with Gasteiger partial charge in [-0.15, -0.1) is 0 Å². The van der Waals surface area contributed by atoms with Crippen LogP contribution in [0, 0.1) is 13.8 Å². The largest absolute Gasteiger partial charge is 0.331 e. The maximum Gasteiger partial charge on any atom is 0.331 e. The fraction of sp³-hybridized carbons (Fsp3) is 0.375. The Balaban J connectivity index is 1.69. The Morgan fingerprint density at radius 2 is 1.65 bits per heavy atom. The molecule has 1 N–H and O–H groups in total. The van der Waals surface area contributed by atoms with Gasteiger partial charge in [0.05, 0.1) is 0 Å². The zero-order chi connectivity index (χ0) is 22.1. The van der Waals surface area contributed by atoms with E-state index in [9.17, 15) is 14.4 Å². The fourth-order valence-corrected chi connectivity index (χ4v) is 4.72. The standard InChI is InChI=1S/C24H26ClN3O3/c1-15-13-17(16(2)27(15)20-11-9-18(25)10-12-20)14-21-22(29)26-24(31)28(23(21)30)19-7-5-3-4-6-8-19/h9-14,19H,3-8H2,1-2H3,(H,26,29,31). The van der Waals surface area contributed by atoms with E-state index < -0.39 is 17.8 Å². The Hall–Kier alpha value is -2.86. The third-order valence-corrected chi connectivity index (χ3v) is 6.43. The number of carbonyl (C=O) groups is 3. The smallest absolute Gasteiger partial charge is 0.318 e. The van der Waals surface area contributed by atoms with Gasteiger partial charge in [-0.1, -0.05) is 37.3 Å². The Morgan fingerprint density at radius 3 is 2.29 bits per heavy atom. The topological polar surface area (TPSA) is 71.4 Å². The monoisotopic (exact) mass is 439 g/mol. The van der Waals surface area contributed by atoms with Crippen LogP contribution in [0.3, 0.4) is 0 Å². The van der Waals surface area contributed by atoms with Crippen LogP contribution in [0.2, 0.25) is 5.02 Å². The van der Waals surface area contributed by atoms with Crippen molar-refractivity contribution in [2.45, 2.75) is 58.4 Å². The number of nitrogens with zero attached hydrogens (tertiary/aromatic N) is 2. The molecule has 2 aromatic rings. The number of hydrogen-bond donors (Lipinski definition) is 1. The van der Waals surface area contributed by atoms with Crippen LogP contribution in [-0.2, 0) is 9.59 Å².